The molecule has 3 aromatic rings. The molecule has 9 heteroatoms. The first-order valence-corrected chi connectivity index (χ1v) is 9.07. The van der Waals surface area contributed by atoms with Crippen molar-refractivity contribution in [3.8, 4) is 0 Å². The molecule has 6 nitrogen and oxygen atoms in total. The third kappa shape index (κ3) is 3.44. The first kappa shape index (κ1) is 15.7. The zero-order valence-electron chi connectivity index (χ0n) is 11.5. The predicted octanol–water partition coefficient (Wildman–Crippen LogP) is 3.46. The Balaban J connectivity index is 1.77. The number of nitrogens with one attached hydrogen (secondary N) is 2. The molecule has 2 amide bonds. The molecule has 0 fully saturated rings. The Hall–Kier alpha value is -2.16. The van der Waals surface area contributed by atoms with Crippen LogP contribution in [0.3, 0.4) is 0 Å². The van der Waals surface area contributed by atoms with Crippen LogP contribution in [0.5, 0.6) is 0 Å². The summed E-state index contributed by atoms with van der Waals surface area (Å²) in [4.78, 5) is 15.9. The molecule has 0 atom stereocenters. The molecule has 2 N–H and O–H groups in total. The zero-order valence-corrected chi connectivity index (χ0v) is 13.9. The number of carbonyl (C=O) groups is 1. The smallest absolute Gasteiger partial charge is 0.283 e. The van der Waals surface area contributed by atoms with Gasteiger partial charge in [-0.25, -0.2) is 22.9 Å². The maximum Gasteiger partial charge on any atom is 0.334 e. The van der Waals surface area contributed by atoms with Crippen LogP contribution in [0.1, 0.15) is 0 Å². The van der Waals surface area contributed by atoms with E-state index in [9.17, 15) is 13.2 Å². The molecule has 0 aliphatic carbocycles. The average molecular weight is 368 g/mol. The number of halogens is 1. The topological polar surface area (TPSA) is 88.2 Å². The van der Waals surface area contributed by atoms with E-state index in [0.717, 1.165) is 10.2 Å². The zero-order chi connectivity index (χ0) is 16.4. The van der Waals surface area contributed by atoms with E-state index in [0.29, 0.717) is 5.13 Å². The van der Waals surface area contributed by atoms with Crippen molar-refractivity contribution < 1.29 is 13.2 Å². The highest BCUT2D eigenvalue weighted by atomic mass is 35.5. The highest BCUT2D eigenvalue weighted by Crippen LogP contribution is 2.25. The van der Waals surface area contributed by atoms with Crippen LogP contribution in [0.25, 0.3) is 10.2 Å². The lowest BCUT2D eigenvalue weighted by Crippen LogP contribution is -2.34. The van der Waals surface area contributed by atoms with E-state index in [1.807, 2.05) is 22.9 Å². The summed E-state index contributed by atoms with van der Waals surface area (Å²) in [6.45, 7) is 0. The molecule has 0 aliphatic rings. The number of anilines is 1. The summed E-state index contributed by atoms with van der Waals surface area (Å²) in [5.41, 5.74) is 0.724. The van der Waals surface area contributed by atoms with Crippen LogP contribution in [0.15, 0.2) is 53.4 Å². The summed E-state index contributed by atoms with van der Waals surface area (Å²) in [6.07, 6.45) is 0. The molecule has 0 saturated heterocycles. The minimum atomic E-state index is -4.06. The number of benzene rings is 2. The number of amides is 2. The van der Waals surface area contributed by atoms with Crippen molar-refractivity contribution in [2.45, 2.75) is 4.90 Å². The first-order valence-electron chi connectivity index (χ1n) is 6.39. The molecular formula is C14H10ClN3O3S2. The van der Waals surface area contributed by atoms with E-state index < -0.39 is 16.1 Å². The van der Waals surface area contributed by atoms with Gasteiger partial charge in [-0.1, -0.05) is 47.2 Å². The standard InChI is InChI=1S/C14H10ClN3O3S2/c15-9-5-1-4-8-12(9)23(20,21)18-13(19)17-14-16-10-6-2-3-7-11(10)22-14/h1-8H,(H2,16,17,18,19). The van der Waals surface area contributed by atoms with Gasteiger partial charge in [-0.3, -0.25) is 5.32 Å². The molecule has 0 aliphatic heterocycles. The van der Waals surface area contributed by atoms with Crippen molar-refractivity contribution in [3.05, 3.63) is 53.6 Å². The average Bonchev–Trinajstić information content (AvgIpc) is 2.88. The molecule has 0 spiro atoms. The van der Waals surface area contributed by atoms with E-state index in [2.05, 4.69) is 10.3 Å². The monoisotopic (exact) mass is 367 g/mol. The lowest BCUT2D eigenvalue weighted by atomic mass is 10.3. The van der Waals surface area contributed by atoms with Crippen LogP contribution in [0, 0.1) is 0 Å². The molecule has 3 rings (SSSR count). The number of hydrogen-bond donors (Lipinski definition) is 2. The van der Waals surface area contributed by atoms with Gasteiger partial charge in [0, 0.05) is 0 Å². The minimum absolute atomic E-state index is 0.0350. The van der Waals surface area contributed by atoms with Crippen LogP contribution < -0.4 is 10.0 Å². The molecule has 118 valence electrons. The number of sulfonamides is 1. The van der Waals surface area contributed by atoms with Crippen molar-refractivity contribution in [2.24, 2.45) is 0 Å². The first-order chi connectivity index (χ1) is 11.0. The highest BCUT2D eigenvalue weighted by Gasteiger charge is 2.20. The fraction of sp³-hybridized carbons (Fsp3) is 0. The minimum Gasteiger partial charge on any atom is -0.283 e. The van der Waals surface area contributed by atoms with Gasteiger partial charge in [0.25, 0.3) is 10.0 Å². The van der Waals surface area contributed by atoms with Gasteiger partial charge < -0.3 is 0 Å². The number of hydrogen-bond acceptors (Lipinski definition) is 5. The van der Waals surface area contributed by atoms with Crippen molar-refractivity contribution in [3.63, 3.8) is 0 Å². The number of nitrogens with zero attached hydrogens (tertiary/aromatic N) is 1. The number of rotatable bonds is 3. The Bertz CT molecular complexity index is 953. The van der Waals surface area contributed by atoms with Crippen molar-refractivity contribution in [1.82, 2.24) is 9.71 Å². The maximum atomic E-state index is 12.2. The van der Waals surface area contributed by atoms with Gasteiger partial charge in [-0.15, -0.1) is 0 Å². The van der Waals surface area contributed by atoms with E-state index in [1.165, 1.54) is 29.5 Å². The second-order valence-electron chi connectivity index (χ2n) is 4.48. The van der Waals surface area contributed by atoms with E-state index in [-0.39, 0.29) is 9.92 Å². The second-order valence-corrected chi connectivity index (χ2v) is 7.57. The number of aromatic nitrogens is 1. The SMILES string of the molecule is O=C(Nc1nc2ccccc2s1)NS(=O)(=O)c1ccccc1Cl. The van der Waals surface area contributed by atoms with Gasteiger partial charge >= 0.3 is 6.03 Å². The summed E-state index contributed by atoms with van der Waals surface area (Å²) in [7, 11) is -4.06. The van der Waals surface area contributed by atoms with E-state index >= 15 is 0 Å². The van der Waals surface area contributed by atoms with Crippen LogP contribution >= 0.6 is 22.9 Å². The van der Waals surface area contributed by atoms with Gasteiger partial charge in [-0.05, 0) is 24.3 Å². The molecule has 23 heavy (non-hydrogen) atoms. The largest absolute Gasteiger partial charge is 0.334 e. The lowest BCUT2D eigenvalue weighted by Gasteiger charge is -2.08. The van der Waals surface area contributed by atoms with Crippen molar-refractivity contribution in [2.75, 3.05) is 5.32 Å². The number of carbonyl (C=O) groups excluding carboxylic acids is 1. The fourth-order valence-corrected chi connectivity index (χ4v) is 4.18. The Kier molecular flexibility index (Phi) is 4.20. The number of fused-ring (bicyclic) bond motifs is 1. The third-order valence-corrected chi connectivity index (χ3v) is 5.65. The summed E-state index contributed by atoms with van der Waals surface area (Å²) < 4.78 is 27.1. The van der Waals surface area contributed by atoms with Crippen LogP contribution in [-0.2, 0) is 10.0 Å². The predicted molar refractivity (Wildman–Crippen MR) is 90.4 cm³/mol. The molecule has 0 unspecified atom stereocenters. The van der Waals surface area contributed by atoms with Crippen LogP contribution in [0.2, 0.25) is 5.02 Å². The molecule has 1 aromatic heterocycles. The summed E-state index contributed by atoms with van der Waals surface area (Å²) in [5.74, 6) is 0. The lowest BCUT2D eigenvalue weighted by molar-refractivity contribution is 0.256. The molecule has 0 bridgehead atoms. The third-order valence-electron chi connectivity index (χ3n) is 2.87. The normalized spacial score (nSPS) is 11.3. The second kappa shape index (κ2) is 6.15. The summed E-state index contributed by atoms with van der Waals surface area (Å²) >= 11 is 7.09. The van der Waals surface area contributed by atoms with Gasteiger partial charge in [-0.2, -0.15) is 0 Å². The molecule has 2 aromatic carbocycles. The Labute approximate surface area is 141 Å². The van der Waals surface area contributed by atoms with Gasteiger partial charge in [0.05, 0.1) is 15.2 Å². The van der Waals surface area contributed by atoms with Crippen LogP contribution in [0.4, 0.5) is 9.93 Å². The summed E-state index contributed by atoms with van der Waals surface area (Å²) in [6, 6.07) is 12.3. The fourth-order valence-electron chi connectivity index (χ4n) is 1.89. The van der Waals surface area contributed by atoms with Gasteiger partial charge in [0.15, 0.2) is 5.13 Å². The molecule has 0 radical (unpaired) electrons. The van der Waals surface area contributed by atoms with Gasteiger partial charge in [0.1, 0.15) is 4.90 Å². The molecular weight excluding hydrogens is 358 g/mol. The quantitative estimate of drug-likeness (QED) is 0.742. The number of thiazole rings is 1. The summed E-state index contributed by atoms with van der Waals surface area (Å²) in [5, 5.41) is 2.75. The van der Waals surface area contributed by atoms with E-state index in [4.69, 9.17) is 11.6 Å². The maximum absolute atomic E-state index is 12.2. The number of para-hydroxylation sites is 1. The van der Waals surface area contributed by atoms with Crippen LogP contribution in [-0.4, -0.2) is 19.4 Å². The Morgan fingerprint density at radius 1 is 1.09 bits per heavy atom. The molecule has 0 saturated carbocycles. The van der Waals surface area contributed by atoms with Crippen molar-refractivity contribution >= 4 is 54.3 Å². The molecule has 1 heterocycles. The van der Waals surface area contributed by atoms with Gasteiger partial charge in [0.2, 0.25) is 0 Å². The Morgan fingerprint density at radius 2 is 1.78 bits per heavy atom. The number of urea groups is 1. The van der Waals surface area contributed by atoms with E-state index in [1.54, 1.807) is 12.1 Å². The van der Waals surface area contributed by atoms with Crippen molar-refractivity contribution in [1.29, 1.82) is 0 Å². The Morgan fingerprint density at radius 3 is 2.52 bits per heavy atom. The highest BCUT2D eigenvalue weighted by molar-refractivity contribution is 7.90.